The second-order valence-electron chi connectivity index (χ2n) is 11.5. The van der Waals surface area contributed by atoms with Gasteiger partial charge >= 0.3 is 0 Å². The Bertz CT molecular complexity index is 2910. The first kappa shape index (κ1) is 26.3. The molecule has 0 saturated carbocycles. The molecule has 10 aromatic rings. The first-order valence-corrected chi connectivity index (χ1v) is 16.9. The lowest BCUT2D eigenvalue weighted by atomic mass is 10.0. The largest absolute Gasteiger partial charge is 0.276 e. The quantitative estimate of drug-likeness (QED) is 0.194. The number of hydrogen-bond donors (Lipinski definition) is 0. The molecular formula is C40H21N5S2. The van der Waals surface area contributed by atoms with Gasteiger partial charge in [0.2, 0.25) is 5.95 Å². The van der Waals surface area contributed by atoms with Crippen LogP contribution in [-0.4, -0.2) is 19.5 Å². The maximum Gasteiger partial charge on any atom is 0.238 e. The van der Waals surface area contributed by atoms with Crippen LogP contribution in [0.15, 0.2) is 127 Å². The molecule has 0 unspecified atom stereocenters. The molecule has 47 heavy (non-hydrogen) atoms. The summed E-state index contributed by atoms with van der Waals surface area (Å²) in [5.41, 5.74) is 4.47. The molecule has 218 valence electrons. The Hall–Kier alpha value is -5.94. The first-order chi connectivity index (χ1) is 23.3. The number of fused-ring (bicyclic) bond motifs is 12. The van der Waals surface area contributed by atoms with Crippen LogP contribution in [0.2, 0.25) is 0 Å². The molecule has 7 heteroatoms. The van der Waals surface area contributed by atoms with Crippen molar-refractivity contribution < 1.29 is 0 Å². The number of aromatic nitrogens is 4. The predicted octanol–water partition coefficient (Wildman–Crippen LogP) is 10.9. The van der Waals surface area contributed by atoms with Crippen molar-refractivity contribution in [3.05, 3.63) is 133 Å². The maximum atomic E-state index is 9.43. The van der Waals surface area contributed by atoms with E-state index in [1.54, 1.807) is 12.1 Å². The van der Waals surface area contributed by atoms with Gasteiger partial charge in [-0.3, -0.25) is 4.57 Å². The highest BCUT2D eigenvalue weighted by molar-refractivity contribution is 7.30. The van der Waals surface area contributed by atoms with Gasteiger partial charge in [0.1, 0.15) is 0 Å². The number of nitrogens with zero attached hydrogens (tertiary/aromatic N) is 5. The molecule has 0 N–H and O–H groups in total. The van der Waals surface area contributed by atoms with Crippen LogP contribution in [0.4, 0.5) is 0 Å². The fraction of sp³-hybridized carbons (Fsp3) is 0. The highest BCUT2D eigenvalue weighted by atomic mass is 32.1. The van der Waals surface area contributed by atoms with Crippen LogP contribution in [0.1, 0.15) is 5.56 Å². The third kappa shape index (κ3) is 3.83. The molecule has 5 nitrogen and oxygen atoms in total. The molecule has 4 aromatic heterocycles. The van der Waals surface area contributed by atoms with Gasteiger partial charge < -0.3 is 0 Å². The summed E-state index contributed by atoms with van der Waals surface area (Å²) < 4.78 is 7.31. The summed E-state index contributed by atoms with van der Waals surface area (Å²) in [7, 11) is 0. The Morgan fingerprint density at radius 2 is 1.09 bits per heavy atom. The Balaban J connectivity index is 1.42. The molecule has 0 amide bonds. The van der Waals surface area contributed by atoms with Crippen LogP contribution in [0.5, 0.6) is 0 Å². The van der Waals surface area contributed by atoms with Gasteiger partial charge in [-0.1, -0.05) is 84.9 Å². The van der Waals surface area contributed by atoms with Crippen molar-refractivity contribution in [1.29, 1.82) is 5.26 Å². The molecule has 0 saturated heterocycles. The molecule has 0 radical (unpaired) electrons. The summed E-state index contributed by atoms with van der Waals surface area (Å²) in [6.07, 6.45) is 0. The zero-order chi connectivity index (χ0) is 31.1. The molecule has 6 aromatic carbocycles. The van der Waals surface area contributed by atoms with E-state index in [0.717, 1.165) is 27.5 Å². The molecule has 0 fully saturated rings. The normalized spacial score (nSPS) is 11.8. The summed E-state index contributed by atoms with van der Waals surface area (Å²) in [5.74, 6) is 1.71. The van der Waals surface area contributed by atoms with E-state index in [4.69, 9.17) is 15.0 Å². The van der Waals surface area contributed by atoms with E-state index in [2.05, 4.69) is 83.4 Å². The van der Waals surface area contributed by atoms with E-state index >= 15 is 0 Å². The minimum Gasteiger partial charge on any atom is -0.276 e. The number of rotatable bonds is 3. The summed E-state index contributed by atoms with van der Waals surface area (Å²) in [6, 6.07) is 45.7. The van der Waals surface area contributed by atoms with Crippen molar-refractivity contribution in [1.82, 2.24) is 19.5 Å². The zero-order valence-electron chi connectivity index (χ0n) is 24.7. The summed E-state index contributed by atoms with van der Waals surface area (Å²) >= 11 is 3.70. The molecule has 0 bridgehead atoms. The monoisotopic (exact) mass is 635 g/mol. The summed E-state index contributed by atoms with van der Waals surface area (Å²) in [6.45, 7) is 0. The maximum absolute atomic E-state index is 9.43. The van der Waals surface area contributed by atoms with Crippen LogP contribution in [-0.2, 0) is 0 Å². The summed E-state index contributed by atoms with van der Waals surface area (Å²) in [5, 5.41) is 16.9. The van der Waals surface area contributed by atoms with E-state index in [0.29, 0.717) is 23.2 Å². The molecule has 0 aliphatic carbocycles. The average Bonchev–Trinajstić information content (AvgIpc) is 3.81. The third-order valence-electron chi connectivity index (χ3n) is 8.89. The average molecular weight is 636 g/mol. The van der Waals surface area contributed by atoms with Crippen molar-refractivity contribution in [2.75, 3.05) is 0 Å². The second-order valence-corrected chi connectivity index (χ2v) is 13.6. The molecule has 10 rings (SSSR count). The molecule has 4 heterocycles. The number of para-hydroxylation sites is 1. The standard InChI is InChI=1S/C40H21N5S2/c41-22-23-18-20-25(21-19-23)39-42-38(24-10-2-1-3-11-24)43-40(44-39)45-29-15-7-4-12-26(29)32-33-27-13-5-8-16-30(27)46-36(33)34-28-14-6-9-17-31(28)47-37(34)35(32)45/h1-21H. The van der Waals surface area contributed by atoms with Gasteiger partial charge in [-0.15, -0.1) is 22.7 Å². The summed E-state index contributed by atoms with van der Waals surface area (Å²) in [4.78, 5) is 15.3. The van der Waals surface area contributed by atoms with Gasteiger partial charge in [-0.25, -0.2) is 4.98 Å². The van der Waals surface area contributed by atoms with Gasteiger partial charge in [0.15, 0.2) is 11.6 Å². The Morgan fingerprint density at radius 1 is 0.511 bits per heavy atom. The molecular weight excluding hydrogens is 615 g/mol. The van der Waals surface area contributed by atoms with E-state index in [1.807, 2.05) is 65.1 Å². The predicted molar refractivity (Wildman–Crippen MR) is 196 cm³/mol. The number of hydrogen-bond acceptors (Lipinski definition) is 6. The van der Waals surface area contributed by atoms with Crippen molar-refractivity contribution in [2.24, 2.45) is 0 Å². The number of thiophene rings is 2. The van der Waals surface area contributed by atoms with Crippen molar-refractivity contribution in [3.8, 4) is 34.8 Å². The Morgan fingerprint density at radius 3 is 1.79 bits per heavy atom. The van der Waals surface area contributed by atoms with Crippen LogP contribution in [0.25, 0.3) is 90.9 Å². The van der Waals surface area contributed by atoms with Crippen LogP contribution < -0.4 is 0 Å². The fourth-order valence-corrected chi connectivity index (χ4v) is 9.42. The van der Waals surface area contributed by atoms with Crippen LogP contribution >= 0.6 is 22.7 Å². The smallest absolute Gasteiger partial charge is 0.238 e. The van der Waals surface area contributed by atoms with E-state index in [9.17, 15) is 5.26 Å². The van der Waals surface area contributed by atoms with Gasteiger partial charge in [-0.05, 0) is 42.5 Å². The topological polar surface area (TPSA) is 67.4 Å². The lowest BCUT2D eigenvalue weighted by Gasteiger charge is -2.11. The van der Waals surface area contributed by atoms with E-state index < -0.39 is 0 Å². The Kier molecular flexibility index (Phi) is 5.61. The second kappa shape index (κ2) is 10.0. The SMILES string of the molecule is N#Cc1ccc(-c2nc(-c3ccccc3)nc(-n3c4ccccc4c4c5c6ccccc6sc5c5c6ccccc6sc5c43)n2)cc1. The zero-order valence-corrected chi connectivity index (χ0v) is 26.3. The van der Waals surface area contributed by atoms with Crippen LogP contribution in [0, 0.1) is 11.3 Å². The van der Waals surface area contributed by atoms with Crippen LogP contribution in [0.3, 0.4) is 0 Å². The van der Waals surface area contributed by atoms with E-state index in [1.165, 1.54) is 45.7 Å². The lowest BCUT2D eigenvalue weighted by molar-refractivity contribution is 0.955. The van der Waals surface area contributed by atoms with Gasteiger partial charge in [0.25, 0.3) is 0 Å². The minimum absolute atomic E-state index is 0.555. The van der Waals surface area contributed by atoms with Crippen molar-refractivity contribution in [2.45, 2.75) is 0 Å². The van der Waals surface area contributed by atoms with Gasteiger partial charge in [0.05, 0.1) is 27.4 Å². The third-order valence-corrected chi connectivity index (χ3v) is 11.3. The van der Waals surface area contributed by atoms with Gasteiger partial charge in [0, 0.05) is 57.5 Å². The number of benzene rings is 6. The molecule has 0 aliphatic rings. The Labute approximate surface area is 276 Å². The molecule has 0 spiro atoms. The highest BCUT2D eigenvalue weighted by Gasteiger charge is 2.25. The minimum atomic E-state index is 0.555. The fourth-order valence-electron chi connectivity index (χ4n) is 6.83. The van der Waals surface area contributed by atoms with Gasteiger partial charge in [-0.2, -0.15) is 15.2 Å². The number of nitriles is 1. The highest BCUT2D eigenvalue weighted by Crippen LogP contribution is 2.51. The van der Waals surface area contributed by atoms with E-state index in [-0.39, 0.29) is 0 Å². The van der Waals surface area contributed by atoms with Crippen molar-refractivity contribution >= 4 is 84.8 Å². The molecule has 0 aliphatic heterocycles. The molecule has 0 atom stereocenters. The lowest BCUT2D eigenvalue weighted by Crippen LogP contribution is -2.06. The first-order valence-electron chi connectivity index (χ1n) is 15.3. The van der Waals surface area contributed by atoms with Crippen molar-refractivity contribution in [3.63, 3.8) is 0 Å².